The van der Waals surface area contributed by atoms with Gasteiger partial charge in [0.15, 0.2) is 0 Å². The van der Waals surface area contributed by atoms with E-state index < -0.39 is 39.8 Å². The normalized spacial score (nSPS) is 19.5. The van der Waals surface area contributed by atoms with Gasteiger partial charge in [0.2, 0.25) is 11.8 Å². The number of alkyl halides is 3. The lowest BCUT2D eigenvalue weighted by Gasteiger charge is -2.22. The zero-order valence-electron chi connectivity index (χ0n) is 23.2. The Kier molecular flexibility index (Phi) is 11.9. The molecule has 0 aromatic heterocycles. The van der Waals surface area contributed by atoms with Gasteiger partial charge in [-0.15, -0.1) is 0 Å². The number of carbonyl (C=O) groups is 4. The number of hydrogen-bond acceptors (Lipinski definition) is 6. The molecule has 2 heterocycles. The second-order valence-electron chi connectivity index (χ2n) is 9.85. The molecular weight excluding hydrogens is 668 g/mol. The fraction of sp³-hybridized carbons (Fsp3) is 0.400. The fourth-order valence-corrected chi connectivity index (χ4v) is 4.73. The predicted octanol–water partition coefficient (Wildman–Crippen LogP) is 6.47. The van der Waals surface area contributed by atoms with Gasteiger partial charge in [0.1, 0.15) is 13.2 Å². The van der Waals surface area contributed by atoms with E-state index in [0.717, 1.165) is 22.1 Å². The Hall–Kier alpha value is -3.42. The average molecular weight is 700 g/mol. The van der Waals surface area contributed by atoms with Gasteiger partial charge in [-0.1, -0.05) is 80.6 Å². The van der Waals surface area contributed by atoms with Crippen molar-refractivity contribution < 1.29 is 41.8 Å². The smallest absolute Gasteiger partial charge is 0.421 e. The Morgan fingerprint density at radius 2 is 1.36 bits per heavy atom. The SMILES string of the molecule is CCC(=O)N1C(=O)OC[C@H]1Cc1ccccc1.C[C@@H](C/C=C(\I)C(F)(F)F)C(=O)N1C(=O)OC[C@H]1Cc1ccccc1. The summed E-state index contributed by atoms with van der Waals surface area (Å²) >= 11 is 1.20. The third-order valence-corrected chi connectivity index (χ3v) is 7.75. The summed E-state index contributed by atoms with van der Waals surface area (Å²) in [6.45, 7) is 3.62. The lowest BCUT2D eigenvalue weighted by Crippen LogP contribution is -2.42. The van der Waals surface area contributed by atoms with Crippen LogP contribution in [0.15, 0.2) is 70.3 Å². The number of imide groups is 2. The molecule has 0 N–H and O–H groups in total. The van der Waals surface area contributed by atoms with Crippen LogP contribution >= 0.6 is 22.6 Å². The van der Waals surface area contributed by atoms with Gasteiger partial charge in [-0.3, -0.25) is 9.59 Å². The molecule has 42 heavy (non-hydrogen) atoms. The van der Waals surface area contributed by atoms with Gasteiger partial charge in [0, 0.05) is 12.3 Å². The van der Waals surface area contributed by atoms with Gasteiger partial charge in [-0.2, -0.15) is 13.2 Å². The van der Waals surface area contributed by atoms with Crippen LogP contribution in [0, 0.1) is 5.92 Å². The van der Waals surface area contributed by atoms with Crippen molar-refractivity contribution in [2.75, 3.05) is 13.2 Å². The minimum absolute atomic E-state index is 0.0854. The monoisotopic (exact) mass is 700 g/mol. The number of benzene rings is 2. The van der Waals surface area contributed by atoms with E-state index in [0.29, 0.717) is 25.9 Å². The molecule has 2 aliphatic rings. The highest BCUT2D eigenvalue weighted by atomic mass is 127. The molecule has 226 valence electrons. The molecule has 0 unspecified atom stereocenters. The van der Waals surface area contributed by atoms with Crippen molar-refractivity contribution in [3.05, 3.63) is 81.4 Å². The summed E-state index contributed by atoms with van der Waals surface area (Å²) in [5.41, 5.74) is 2.05. The van der Waals surface area contributed by atoms with Crippen LogP contribution in [0.25, 0.3) is 0 Å². The van der Waals surface area contributed by atoms with Gasteiger partial charge in [0.05, 0.1) is 15.7 Å². The number of amides is 4. The van der Waals surface area contributed by atoms with Crippen molar-refractivity contribution in [1.29, 1.82) is 0 Å². The van der Waals surface area contributed by atoms with Gasteiger partial charge in [-0.25, -0.2) is 19.4 Å². The maximum Gasteiger partial charge on any atom is 0.421 e. The number of nitrogens with zero attached hydrogens (tertiary/aromatic N) is 2. The first-order valence-corrected chi connectivity index (χ1v) is 14.5. The number of hydrogen-bond donors (Lipinski definition) is 0. The summed E-state index contributed by atoms with van der Waals surface area (Å²) in [5, 5.41) is 0. The molecule has 0 saturated carbocycles. The van der Waals surface area contributed by atoms with E-state index >= 15 is 0 Å². The van der Waals surface area contributed by atoms with E-state index in [2.05, 4.69) is 0 Å². The third-order valence-electron chi connectivity index (χ3n) is 6.70. The molecule has 2 fully saturated rings. The number of ether oxygens (including phenoxy) is 2. The summed E-state index contributed by atoms with van der Waals surface area (Å²) in [4.78, 5) is 49.8. The molecule has 2 aliphatic heterocycles. The Morgan fingerprint density at radius 3 is 1.81 bits per heavy atom. The van der Waals surface area contributed by atoms with Crippen molar-refractivity contribution in [3.8, 4) is 0 Å². The largest absolute Gasteiger partial charge is 0.447 e. The van der Waals surface area contributed by atoms with E-state index in [1.165, 1.54) is 34.4 Å². The fourth-order valence-electron chi connectivity index (χ4n) is 4.47. The van der Waals surface area contributed by atoms with Crippen molar-refractivity contribution in [3.63, 3.8) is 0 Å². The molecule has 8 nitrogen and oxygen atoms in total. The molecule has 3 atom stereocenters. The number of halogens is 4. The molecular formula is C30H32F3IN2O6. The first kappa shape index (κ1) is 33.1. The summed E-state index contributed by atoms with van der Waals surface area (Å²) in [6.07, 6.45) is -3.40. The lowest BCUT2D eigenvalue weighted by molar-refractivity contribution is -0.133. The van der Waals surface area contributed by atoms with Crippen LogP contribution in [0.5, 0.6) is 0 Å². The van der Waals surface area contributed by atoms with Gasteiger partial charge in [-0.05, 0) is 53.0 Å². The maximum absolute atomic E-state index is 12.5. The second kappa shape index (κ2) is 15.2. The Labute approximate surface area is 256 Å². The second-order valence-corrected chi connectivity index (χ2v) is 11.0. The van der Waals surface area contributed by atoms with E-state index in [-0.39, 0.29) is 25.0 Å². The summed E-state index contributed by atoms with van der Waals surface area (Å²) < 4.78 is 46.7. The van der Waals surface area contributed by atoms with Crippen molar-refractivity contribution in [2.45, 2.75) is 57.8 Å². The van der Waals surface area contributed by atoms with Crippen molar-refractivity contribution in [1.82, 2.24) is 9.80 Å². The maximum atomic E-state index is 12.5. The highest BCUT2D eigenvalue weighted by Crippen LogP contribution is 2.32. The number of allylic oxidation sites excluding steroid dienone is 2. The quantitative estimate of drug-likeness (QED) is 0.294. The molecule has 0 radical (unpaired) electrons. The first-order chi connectivity index (χ1) is 19.9. The molecule has 2 aromatic rings. The van der Waals surface area contributed by atoms with E-state index in [1.807, 2.05) is 60.7 Å². The Bertz CT molecular complexity index is 1270. The van der Waals surface area contributed by atoms with Crippen LogP contribution in [0.4, 0.5) is 22.8 Å². The first-order valence-electron chi connectivity index (χ1n) is 13.4. The van der Waals surface area contributed by atoms with Gasteiger partial charge < -0.3 is 9.47 Å². The number of cyclic esters (lactones) is 2. The Balaban J connectivity index is 0.000000247. The Morgan fingerprint density at radius 1 is 0.905 bits per heavy atom. The van der Waals surface area contributed by atoms with Crippen LogP contribution in [-0.2, 0) is 31.9 Å². The van der Waals surface area contributed by atoms with Crippen molar-refractivity contribution >= 4 is 46.6 Å². The van der Waals surface area contributed by atoms with E-state index in [4.69, 9.17) is 9.47 Å². The number of carbonyl (C=O) groups excluding carboxylic acids is 4. The average Bonchev–Trinajstić information content (AvgIpc) is 3.52. The van der Waals surface area contributed by atoms with Crippen LogP contribution in [0.1, 0.15) is 37.8 Å². The zero-order chi connectivity index (χ0) is 30.9. The van der Waals surface area contributed by atoms with Gasteiger partial charge >= 0.3 is 18.4 Å². The highest BCUT2D eigenvalue weighted by molar-refractivity contribution is 14.1. The minimum atomic E-state index is -4.42. The summed E-state index contributed by atoms with van der Waals surface area (Å²) in [7, 11) is 0. The van der Waals surface area contributed by atoms with E-state index in [9.17, 15) is 32.3 Å². The molecule has 0 bridgehead atoms. The molecule has 0 aliphatic carbocycles. The van der Waals surface area contributed by atoms with Crippen molar-refractivity contribution in [2.24, 2.45) is 5.92 Å². The number of rotatable bonds is 8. The molecule has 2 aromatic carbocycles. The zero-order valence-corrected chi connectivity index (χ0v) is 25.3. The van der Waals surface area contributed by atoms with Crippen LogP contribution in [0.3, 0.4) is 0 Å². The van der Waals surface area contributed by atoms with Crippen LogP contribution < -0.4 is 0 Å². The molecule has 12 heteroatoms. The third kappa shape index (κ3) is 9.04. The topological polar surface area (TPSA) is 93.2 Å². The minimum Gasteiger partial charge on any atom is -0.447 e. The summed E-state index contributed by atoms with van der Waals surface area (Å²) in [6, 6.07) is 18.5. The molecule has 2 saturated heterocycles. The predicted molar refractivity (Wildman–Crippen MR) is 156 cm³/mol. The lowest BCUT2D eigenvalue weighted by atomic mass is 10.0. The van der Waals surface area contributed by atoms with Gasteiger partial charge in [0.25, 0.3) is 0 Å². The highest BCUT2D eigenvalue weighted by Gasteiger charge is 2.40. The molecule has 4 rings (SSSR count). The van der Waals surface area contributed by atoms with Crippen LogP contribution in [-0.4, -0.2) is 65.3 Å². The van der Waals surface area contributed by atoms with Crippen LogP contribution in [0.2, 0.25) is 0 Å². The van der Waals surface area contributed by atoms with E-state index in [1.54, 1.807) is 6.92 Å². The molecule has 0 spiro atoms. The standard InChI is InChI=1S/C17H17F3INO3.C13H15NO3/c1-11(7-8-14(21)17(18,19)20)15(23)22-13(10-25-16(22)24)9-12-5-3-2-4-6-12;1-2-12(15)14-11(9-17-13(14)16)8-10-6-4-3-5-7-10/h2-6,8,11,13H,7,9-10H2,1H3;3-7,11H,2,8-9H2,1H3/b14-8-;/t11-,13+;11-/m01/s1. The molecule has 4 amide bonds. The summed E-state index contributed by atoms with van der Waals surface area (Å²) in [5.74, 6) is -1.45.